The third-order valence-corrected chi connectivity index (χ3v) is 2.77. The second-order valence-corrected chi connectivity index (χ2v) is 4.21. The maximum absolute atomic E-state index is 10.7. The number of rotatable bonds is 2. The topological polar surface area (TPSA) is 50.2 Å². The van der Waals surface area contributed by atoms with Crippen molar-refractivity contribution in [3.05, 3.63) is 52.1 Å². The van der Waals surface area contributed by atoms with Crippen molar-refractivity contribution in [1.82, 2.24) is 4.98 Å². The lowest BCUT2D eigenvalue weighted by Gasteiger charge is -2.04. The molecule has 5 heteroatoms. The first-order valence-electron chi connectivity index (χ1n) is 4.72. The summed E-state index contributed by atoms with van der Waals surface area (Å²) in [6, 6.07) is 8.16. The van der Waals surface area contributed by atoms with Crippen molar-refractivity contribution >= 4 is 29.2 Å². The van der Waals surface area contributed by atoms with Crippen molar-refractivity contribution in [2.75, 3.05) is 0 Å². The Bertz CT molecular complexity index is 567. The Hall–Kier alpha value is -1.58. The summed E-state index contributed by atoms with van der Waals surface area (Å²) < 4.78 is 0. The van der Waals surface area contributed by atoms with E-state index in [1.165, 1.54) is 12.3 Å². The molecule has 0 radical (unpaired) electrons. The van der Waals surface area contributed by atoms with Gasteiger partial charge in [-0.3, -0.25) is 4.98 Å². The van der Waals surface area contributed by atoms with Crippen molar-refractivity contribution in [3.8, 4) is 11.3 Å². The monoisotopic (exact) mass is 267 g/mol. The number of carboxylic acids is 1. The Morgan fingerprint density at radius 2 is 1.94 bits per heavy atom. The molecule has 1 aromatic carbocycles. The number of carbonyl (C=O) groups is 1. The highest BCUT2D eigenvalue weighted by molar-refractivity contribution is 6.36. The van der Waals surface area contributed by atoms with Gasteiger partial charge in [0.05, 0.1) is 16.3 Å². The van der Waals surface area contributed by atoms with E-state index in [0.29, 0.717) is 21.3 Å². The Morgan fingerprint density at radius 1 is 1.18 bits per heavy atom. The first-order valence-corrected chi connectivity index (χ1v) is 5.48. The van der Waals surface area contributed by atoms with Gasteiger partial charge in [0.25, 0.3) is 0 Å². The molecule has 0 spiro atoms. The van der Waals surface area contributed by atoms with Crippen LogP contribution in [0.15, 0.2) is 36.5 Å². The first-order chi connectivity index (χ1) is 8.08. The first kappa shape index (κ1) is 11.9. The number of hydrogen-bond donors (Lipinski definition) is 1. The van der Waals surface area contributed by atoms with E-state index < -0.39 is 5.97 Å². The third kappa shape index (κ3) is 2.57. The second kappa shape index (κ2) is 4.73. The van der Waals surface area contributed by atoms with Gasteiger partial charge in [0.1, 0.15) is 0 Å². The fourth-order valence-electron chi connectivity index (χ4n) is 1.38. The molecular formula is C12H7Cl2NO2. The molecule has 0 aliphatic carbocycles. The lowest BCUT2D eigenvalue weighted by atomic mass is 10.1. The number of halogens is 2. The number of hydrogen-bond acceptors (Lipinski definition) is 2. The van der Waals surface area contributed by atoms with Crippen LogP contribution < -0.4 is 0 Å². The van der Waals surface area contributed by atoms with Crippen LogP contribution in [0.5, 0.6) is 0 Å². The largest absolute Gasteiger partial charge is 0.478 e. The zero-order valence-electron chi connectivity index (χ0n) is 8.52. The zero-order valence-corrected chi connectivity index (χ0v) is 10.0. The van der Waals surface area contributed by atoms with Crippen LogP contribution in [-0.4, -0.2) is 16.1 Å². The van der Waals surface area contributed by atoms with Crippen LogP contribution in [0.1, 0.15) is 10.4 Å². The molecule has 2 aromatic rings. The van der Waals surface area contributed by atoms with Crippen molar-refractivity contribution in [2.45, 2.75) is 0 Å². The molecule has 1 heterocycles. The van der Waals surface area contributed by atoms with E-state index in [9.17, 15) is 4.79 Å². The maximum atomic E-state index is 10.7. The number of carboxylic acid groups (broad SMARTS) is 1. The molecule has 0 unspecified atom stereocenters. The van der Waals surface area contributed by atoms with Gasteiger partial charge in [-0.15, -0.1) is 0 Å². The molecule has 0 fully saturated rings. The predicted molar refractivity (Wildman–Crippen MR) is 66.7 cm³/mol. The van der Waals surface area contributed by atoms with Crippen molar-refractivity contribution in [3.63, 3.8) is 0 Å². The van der Waals surface area contributed by atoms with E-state index in [1.807, 2.05) is 0 Å². The summed E-state index contributed by atoms with van der Waals surface area (Å²) in [6.45, 7) is 0. The smallest absolute Gasteiger partial charge is 0.337 e. The minimum Gasteiger partial charge on any atom is -0.478 e. The Morgan fingerprint density at radius 3 is 2.47 bits per heavy atom. The molecule has 17 heavy (non-hydrogen) atoms. The number of pyridine rings is 1. The average Bonchev–Trinajstić information content (AvgIpc) is 2.29. The Labute approximate surface area is 108 Å². The molecule has 0 aliphatic rings. The zero-order chi connectivity index (χ0) is 12.4. The molecule has 0 atom stereocenters. The summed E-state index contributed by atoms with van der Waals surface area (Å²) in [5.74, 6) is -1.01. The van der Waals surface area contributed by atoms with Gasteiger partial charge in [0.15, 0.2) is 0 Å². The van der Waals surface area contributed by atoms with E-state index in [1.54, 1.807) is 24.3 Å². The molecular weight excluding hydrogens is 261 g/mol. The highest BCUT2D eigenvalue weighted by Gasteiger charge is 2.07. The molecule has 0 aliphatic heterocycles. The van der Waals surface area contributed by atoms with Gasteiger partial charge < -0.3 is 5.11 Å². The van der Waals surface area contributed by atoms with Crippen LogP contribution in [0.3, 0.4) is 0 Å². The number of aromatic nitrogens is 1. The highest BCUT2D eigenvalue weighted by atomic mass is 35.5. The summed E-state index contributed by atoms with van der Waals surface area (Å²) in [7, 11) is 0. The van der Waals surface area contributed by atoms with Gasteiger partial charge in [0.2, 0.25) is 0 Å². The molecule has 1 aromatic heterocycles. The highest BCUT2D eigenvalue weighted by Crippen LogP contribution is 2.28. The minimum absolute atomic E-state index is 0.138. The van der Waals surface area contributed by atoms with Gasteiger partial charge in [0, 0.05) is 16.8 Å². The molecule has 0 saturated carbocycles. The fourth-order valence-corrected chi connectivity index (χ4v) is 1.88. The molecule has 3 nitrogen and oxygen atoms in total. The Balaban J connectivity index is 2.43. The lowest BCUT2D eigenvalue weighted by molar-refractivity contribution is 0.0696. The second-order valence-electron chi connectivity index (χ2n) is 3.36. The van der Waals surface area contributed by atoms with E-state index in [-0.39, 0.29) is 5.56 Å². The van der Waals surface area contributed by atoms with E-state index in [0.717, 1.165) is 0 Å². The SMILES string of the molecule is O=C(O)c1ccc(-c2ccc(Cl)cc2Cl)nc1. The van der Waals surface area contributed by atoms with Crippen molar-refractivity contribution in [1.29, 1.82) is 0 Å². The summed E-state index contributed by atoms with van der Waals surface area (Å²) in [5.41, 5.74) is 1.46. The maximum Gasteiger partial charge on any atom is 0.337 e. The van der Waals surface area contributed by atoms with Crippen LogP contribution in [0.25, 0.3) is 11.3 Å². The van der Waals surface area contributed by atoms with Crippen LogP contribution in [-0.2, 0) is 0 Å². The standard InChI is InChI=1S/C12H7Cl2NO2/c13-8-2-3-9(10(14)5-8)11-4-1-7(6-15-11)12(16)17/h1-6H,(H,16,17). The number of nitrogens with zero attached hydrogens (tertiary/aromatic N) is 1. The van der Waals surface area contributed by atoms with Gasteiger partial charge in [-0.05, 0) is 30.3 Å². The third-order valence-electron chi connectivity index (χ3n) is 2.22. The van der Waals surface area contributed by atoms with Crippen LogP contribution >= 0.6 is 23.2 Å². The van der Waals surface area contributed by atoms with Crippen LogP contribution in [0.2, 0.25) is 10.0 Å². The molecule has 86 valence electrons. The molecule has 0 saturated heterocycles. The summed E-state index contributed by atoms with van der Waals surface area (Å²) in [6.07, 6.45) is 1.29. The van der Waals surface area contributed by atoms with Gasteiger partial charge in [-0.2, -0.15) is 0 Å². The quantitative estimate of drug-likeness (QED) is 0.902. The number of benzene rings is 1. The number of aromatic carboxylic acids is 1. The predicted octanol–water partition coefficient (Wildman–Crippen LogP) is 3.75. The van der Waals surface area contributed by atoms with E-state index >= 15 is 0 Å². The summed E-state index contributed by atoms with van der Waals surface area (Å²) in [5, 5.41) is 9.78. The molecule has 0 amide bonds. The van der Waals surface area contributed by atoms with Gasteiger partial charge >= 0.3 is 5.97 Å². The van der Waals surface area contributed by atoms with Gasteiger partial charge in [-0.25, -0.2) is 4.79 Å². The van der Waals surface area contributed by atoms with Crippen LogP contribution in [0, 0.1) is 0 Å². The molecule has 2 rings (SSSR count). The lowest BCUT2D eigenvalue weighted by Crippen LogP contribution is -1.97. The van der Waals surface area contributed by atoms with Gasteiger partial charge in [-0.1, -0.05) is 23.2 Å². The fraction of sp³-hybridized carbons (Fsp3) is 0. The average molecular weight is 268 g/mol. The molecule has 0 bridgehead atoms. The minimum atomic E-state index is -1.01. The van der Waals surface area contributed by atoms with E-state index in [4.69, 9.17) is 28.3 Å². The normalized spacial score (nSPS) is 10.2. The van der Waals surface area contributed by atoms with Crippen LogP contribution in [0.4, 0.5) is 0 Å². The summed E-state index contributed by atoms with van der Waals surface area (Å²) >= 11 is 11.8. The Kier molecular flexibility index (Phi) is 3.31. The molecule has 1 N–H and O–H groups in total. The van der Waals surface area contributed by atoms with Crippen molar-refractivity contribution in [2.24, 2.45) is 0 Å². The van der Waals surface area contributed by atoms with E-state index in [2.05, 4.69) is 4.98 Å². The van der Waals surface area contributed by atoms with Crippen molar-refractivity contribution < 1.29 is 9.90 Å². The summed E-state index contributed by atoms with van der Waals surface area (Å²) in [4.78, 5) is 14.7.